The fourth-order valence-electron chi connectivity index (χ4n) is 2.35. The van der Waals surface area contributed by atoms with Crippen molar-refractivity contribution in [3.8, 4) is 0 Å². The van der Waals surface area contributed by atoms with Gasteiger partial charge in [-0.05, 0) is 30.5 Å². The molecule has 1 saturated carbocycles. The quantitative estimate of drug-likeness (QED) is 0.794. The normalized spacial score (nSPS) is 26.6. The summed E-state index contributed by atoms with van der Waals surface area (Å²) in [6.45, 7) is 0. The summed E-state index contributed by atoms with van der Waals surface area (Å²) in [6, 6.07) is 5.96. The molecule has 0 aliphatic heterocycles. The first-order chi connectivity index (χ1) is 7.18. The molecular formula is C12H15Cl2N. The van der Waals surface area contributed by atoms with E-state index in [-0.39, 0.29) is 6.04 Å². The molecule has 0 radical (unpaired) electrons. The maximum absolute atomic E-state index is 6.19. The van der Waals surface area contributed by atoms with Crippen LogP contribution < -0.4 is 5.73 Å². The van der Waals surface area contributed by atoms with Gasteiger partial charge in [-0.2, -0.15) is 0 Å². The summed E-state index contributed by atoms with van der Waals surface area (Å²) in [7, 11) is 0. The van der Waals surface area contributed by atoms with Crippen molar-refractivity contribution >= 4 is 23.2 Å². The summed E-state index contributed by atoms with van der Waals surface area (Å²) >= 11 is 12.1. The van der Waals surface area contributed by atoms with Crippen molar-refractivity contribution < 1.29 is 0 Å². The second-order valence-corrected chi connectivity index (χ2v) is 5.06. The predicted octanol–water partition coefficient (Wildman–Crippen LogP) is 3.98. The monoisotopic (exact) mass is 243 g/mol. The molecule has 3 heteroatoms. The molecule has 15 heavy (non-hydrogen) atoms. The highest BCUT2D eigenvalue weighted by Gasteiger charge is 2.24. The third kappa shape index (κ3) is 2.47. The van der Waals surface area contributed by atoms with Gasteiger partial charge < -0.3 is 5.73 Å². The Kier molecular flexibility index (Phi) is 3.55. The molecule has 1 aliphatic rings. The Labute approximate surface area is 101 Å². The standard InChI is InChI=1S/C12H15Cl2N/c13-8-5-6-9(11(14)7-8)10-3-1-2-4-12(10)15/h5-7,10,12H,1-4,15H2/t10-,12-/m1/s1. The van der Waals surface area contributed by atoms with Crippen molar-refractivity contribution in [1.82, 2.24) is 0 Å². The predicted molar refractivity (Wildman–Crippen MR) is 65.6 cm³/mol. The number of halogens is 2. The average Bonchev–Trinajstić information content (AvgIpc) is 2.20. The molecule has 82 valence electrons. The van der Waals surface area contributed by atoms with Crippen LogP contribution in [0, 0.1) is 0 Å². The van der Waals surface area contributed by atoms with Gasteiger partial charge in [0.05, 0.1) is 0 Å². The Morgan fingerprint density at radius 1 is 1.13 bits per heavy atom. The first kappa shape index (κ1) is 11.3. The third-order valence-corrected chi connectivity index (χ3v) is 3.74. The van der Waals surface area contributed by atoms with E-state index in [0.717, 1.165) is 23.4 Å². The highest BCUT2D eigenvalue weighted by atomic mass is 35.5. The van der Waals surface area contributed by atoms with Gasteiger partial charge in [0.2, 0.25) is 0 Å². The Morgan fingerprint density at radius 3 is 2.53 bits per heavy atom. The van der Waals surface area contributed by atoms with Gasteiger partial charge in [0.1, 0.15) is 0 Å². The number of hydrogen-bond donors (Lipinski definition) is 1. The SMILES string of the molecule is N[C@@H]1CCCC[C@@H]1c1ccc(Cl)cc1Cl. The van der Waals surface area contributed by atoms with Gasteiger partial charge in [0.25, 0.3) is 0 Å². The van der Waals surface area contributed by atoms with Crippen molar-refractivity contribution in [1.29, 1.82) is 0 Å². The molecule has 1 aromatic rings. The molecule has 2 atom stereocenters. The van der Waals surface area contributed by atoms with E-state index in [1.807, 2.05) is 12.1 Å². The topological polar surface area (TPSA) is 26.0 Å². The molecule has 2 rings (SSSR count). The molecule has 0 heterocycles. The Bertz CT molecular complexity index is 351. The van der Waals surface area contributed by atoms with Crippen molar-refractivity contribution in [2.24, 2.45) is 5.73 Å². The second kappa shape index (κ2) is 4.73. The fourth-order valence-corrected chi connectivity index (χ4v) is 2.90. The zero-order chi connectivity index (χ0) is 10.8. The summed E-state index contributed by atoms with van der Waals surface area (Å²) < 4.78 is 0. The molecule has 1 aliphatic carbocycles. The van der Waals surface area contributed by atoms with E-state index in [2.05, 4.69) is 0 Å². The molecule has 0 spiro atoms. The van der Waals surface area contributed by atoms with Crippen molar-refractivity contribution in [2.75, 3.05) is 0 Å². The lowest BCUT2D eigenvalue weighted by molar-refractivity contribution is 0.385. The molecular weight excluding hydrogens is 229 g/mol. The van der Waals surface area contributed by atoms with Crippen molar-refractivity contribution in [2.45, 2.75) is 37.6 Å². The molecule has 1 aromatic carbocycles. The minimum atomic E-state index is 0.248. The minimum absolute atomic E-state index is 0.248. The van der Waals surface area contributed by atoms with Gasteiger partial charge in [-0.3, -0.25) is 0 Å². The van der Waals surface area contributed by atoms with E-state index in [9.17, 15) is 0 Å². The van der Waals surface area contributed by atoms with E-state index in [1.54, 1.807) is 6.07 Å². The van der Waals surface area contributed by atoms with Crippen LogP contribution in [0.25, 0.3) is 0 Å². The number of nitrogens with two attached hydrogens (primary N) is 1. The largest absolute Gasteiger partial charge is 0.327 e. The summed E-state index contributed by atoms with van der Waals surface area (Å²) in [5.41, 5.74) is 7.29. The summed E-state index contributed by atoms with van der Waals surface area (Å²) in [5.74, 6) is 0.406. The average molecular weight is 244 g/mol. The summed E-state index contributed by atoms with van der Waals surface area (Å²) in [5, 5.41) is 1.44. The van der Waals surface area contributed by atoms with Gasteiger partial charge in [-0.1, -0.05) is 42.1 Å². The molecule has 0 bridgehead atoms. The van der Waals surface area contributed by atoms with E-state index >= 15 is 0 Å². The molecule has 2 N–H and O–H groups in total. The lowest BCUT2D eigenvalue weighted by atomic mass is 9.80. The Morgan fingerprint density at radius 2 is 1.87 bits per heavy atom. The van der Waals surface area contributed by atoms with Crippen LogP contribution in [0.3, 0.4) is 0 Å². The first-order valence-electron chi connectivity index (χ1n) is 5.39. The van der Waals surface area contributed by atoms with Crippen LogP contribution >= 0.6 is 23.2 Å². The van der Waals surface area contributed by atoms with Crippen LogP contribution in [0.15, 0.2) is 18.2 Å². The molecule has 0 saturated heterocycles. The van der Waals surface area contributed by atoms with Crippen molar-refractivity contribution in [3.63, 3.8) is 0 Å². The maximum atomic E-state index is 6.19. The number of rotatable bonds is 1. The van der Waals surface area contributed by atoms with Gasteiger partial charge in [-0.25, -0.2) is 0 Å². The lowest BCUT2D eigenvalue weighted by Crippen LogP contribution is -2.31. The second-order valence-electron chi connectivity index (χ2n) is 4.22. The van der Waals surface area contributed by atoms with Gasteiger partial charge >= 0.3 is 0 Å². The van der Waals surface area contributed by atoms with Gasteiger partial charge in [0, 0.05) is 22.0 Å². The smallest absolute Gasteiger partial charge is 0.0456 e. The van der Waals surface area contributed by atoms with Crippen molar-refractivity contribution in [3.05, 3.63) is 33.8 Å². The summed E-state index contributed by atoms with van der Waals surface area (Å²) in [6.07, 6.45) is 4.73. The van der Waals surface area contributed by atoms with Crippen LogP contribution in [0.2, 0.25) is 10.0 Å². The molecule has 0 aromatic heterocycles. The number of hydrogen-bond acceptors (Lipinski definition) is 1. The fraction of sp³-hybridized carbons (Fsp3) is 0.500. The molecule has 0 unspecified atom stereocenters. The first-order valence-corrected chi connectivity index (χ1v) is 6.14. The maximum Gasteiger partial charge on any atom is 0.0456 e. The highest BCUT2D eigenvalue weighted by molar-refractivity contribution is 6.35. The van der Waals surface area contributed by atoms with E-state index in [4.69, 9.17) is 28.9 Å². The lowest BCUT2D eigenvalue weighted by Gasteiger charge is -2.29. The van der Waals surface area contributed by atoms with E-state index in [0.29, 0.717) is 10.9 Å². The van der Waals surface area contributed by atoms with Crippen LogP contribution in [0.5, 0.6) is 0 Å². The Hall–Kier alpha value is -0.240. The minimum Gasteiger partial charge on any atom is -0.327 e. The molecule has 0 amide bonds. The third-order valence-electron chi connectivity index (χ3n) is 3.18. The molecule has 1 nitrogen and oxygen atoms in total. The zero-order valence-electron chi connectivity index (χ0n) is 8.55. The van der Waals surface area contributed by atoms with Gasteiger partial charge in [-0.15, -0.1) is 0 Å². The summed E-state index contributed by atoms with van der Waals surface area (Å²) in [4.78, 5) is 0. The van der Waals surface area contributed by atoms with Crippen LogP contribution in [0.4, 0.5) is 0 Å². The van der Waals surface area contributed by atoms with Crippen LogP contribution in [0.1, 0.15) is 37.2 Å². The Balaban J connectivity index is 2.27. The van der Waals surface area contributed by atoms with Crippen LogP contribution in [-0.2, 0) is 0 Å². The zero-order valence-corrected chi connectivity index (χ0v) is 10.1. The van der Waals surface area contributed by atoms with E-state index < -0.39 is 0 Å². The number of benzene rings is 1. The van der Waals surface area contributed by atoms with Gasteiger partial charge in [0.15, 0.2) is 0 Å². The molecule has 1 fully saturated rings. The highest BCUT2D eigenvalue weighted by Crippen LogP contribution is 2.36. The van der Waals surface area contributed by atoms with Crippen LogP contribution in [-0.4, -0.2) is 6.04 Å². The van der Waals surface area contributed by atoms with E-state index in [1.165, 1.54) is 12.8 Å².